The van der Waals surface area contributed by atoms with Gasteiger partial charge in [0.05, 0.1) is 28.7 Å². The topological polar surface area (TPSA) is 56.7 Å². The van der Waals surface area contributed by atoms with Crippen LogP contribution in [0.1, 0.15) is 12.6 Å². The number of nitrogens with zero attached hydrogens (tertiary/aromatic N) is 4. The second-order valence-electron chi connectivity index (χ2n) is 5.74. The lowest BCUT2D eigenvalue weighted by Crippen LogP contribution is -1.98. The van der Waals surface area contributed by atoms with Crippen LogP contribution in [0.3, 0.4) is 0 Å². The van der Waals surface area contributed by atoms with E-state index in [1.54, 1.807) is 10.9 Å². The molecule has 0 amide bonds. The summed E-state index contributed by atoms with van der Waals surface area (Å²) in [7, 11) is 0. The molecular weight excluding hydrogens is 350 g/mol. The first-order valence-corrected chi connectivity index (χ1v) is 8.23. The summed E-state index contributed by atoms with van der Waals surface area (Å²) in [5.74, 6) is -1.06. The normalized spacial score (nSPS) is 11.4. The first kappa shape index (κ1) is 16.8. The van der Waals surface area contributed by atoms with E-state index >= 15 is 0 Å². The van der Waals surface area contributed by atoms with Crippen LogP contribution in [0.2, 0.25) is 0 Å². The van der Waals surface area contributed by atoms with Gasteiger partial charge in [0.25, 0.3) is 5.89 Å². The highest BCUT2D eigenvalue weighted by atomic mass is 19.1. The Labute approximate surface area is 153 Å². The van der Waals surface area contributed by atoms with Gasteiger partial charge in [-0.3, -0.25) is 0 Å². The predicted octanol–water partition coefficient (Wildman–Crippen LogP) is 4.90. The third-order valence-electron chi connectivity index (χ3n) is 3.96. The van der Waals surface area contributed by atoms with E-state index in [-0.39, 0.29) is 17.3 Å². The molecule has 0 spiro atoms. The number of allylic oxidation sites excluding steroid dienone is 1. The first-order valence-electron chi connectivity index (χ1n) is 8.23. The molecular formula is C20H14F2N4O. The lowest BCUT2D eigenvalue weighted by atomic mass is 10.2. The molecule has 2 aromatic heterocycles. The number of para-hydroxylation sites is 1. The Morgan fingerprint density at radius 2 is 1.85 bits per heavy atom. The van der Waals surface area contributed by atoms with Crippen molar-refractivity contribution in [1.29, 1.82) is 0 Å². The molecule has 0 bridgehead atoms. The zero-order valence-electron chi connectivity index (χ0n) is 14.3. The Morgan fingerprint density at radius 3 is 2.63 bits per heavy atom. The van der Waals surface area contributed by atoms with Gasteiger partial charge in [-0.15, -0.1) is 0 Å². The van der Waals surface area contributed by atoms with Gasteiger partial charge in [0.2, 0.25) is 5.82 Å². The smallest absolute Gasteiger partial charge is 0.262 e. The third kappa shape index (κ3) is 3.15. The molecule has 0 aliphatic heterocycles. The van der Waals surface area contributed by atoms with Crippen molar-refractivity contribution in [2.24, 2.45) is 0 Å². The fourth-order valence-electron chi connectivity index (χ4n) is 2.73. The standard InChI is InChI=1S/C20H14F2N4O/c1-2-6-18-16(12-23-26(18)14-7-4-3-5-8-14)20-24-19(25-27-20)15-11-13(21)9-10-17(15)22/h2-12H,1H3/b6-2+. The lowest BCUT2D eigenvalue weighted by molar-refractivity contribution is 0.431. The molecule has 0 radical (unpaired) electrons. The van der Waals surface area contributed by atoms with E-state index in [0.29, 0.717) is 5.56 Å². The van der Waals surface area contributed by atoms with Crippen LogP contribution in [0.5, 0.6) is 0 Å². The van der Waals surface area contributed by atoms with Gasteiger partial charge in [0, 0.05) is 0 Å². The van der Waals surface area contributed by atoms with Crippen LogP contribution in [0, 0.1) is 11.6 Å². The van der Waals surface area contributed by atoms with Crippen LogP contribution in [0.25, 0.3) is 34.6 Å². The van der Waals surface area contributed by atoms with Gasteiger partial charge in [0.15, 0.2) is 0 Å². The van der Waals surface area contributed by atoms with Gasteiger partial charge in [-0.25, -0.2) is 13.5 Å². The Kier molecular flexibility index (Phi) is 4.33. The summed E-state index contributed by atoms with van der Waals surface area (Å²) in [6.45, 7) is 1.88. The van der Waals surface area contributed by atoms with Crippen molar-refractivity contribution in [3.05, 3.63) is 78.1 Å². The van der Waals surface area contributed by atoms with Crippen LogP contribution in [-0.4, -0.2) is 19.9 Å². The molecule has 0 N–H and O–H groups in total. The van der Waals surface area contributed by atoms with Crippen LogP contribution in [0.15, 0.2) is 65.3 Å². The Hall–Kier alpha value is -3.61. The highest BCUT2D eigenvalue weighted by Gasteiger charge is 2.19. The minimum Gasteiger partial charge on any atom is -0.333 e. The number of halogens is 2. The number of hydrogen-bond donors (Lipinski definition) is 0. The Morgan fingerprint density at radius 1 is 1.04 bits per heavy atom. The molecule has 2 aromatic carbocycles. The van der Waals surface area contributed by atoms with Crippen molar-refractivity contribution < 1.29 is 13.3 Å². The summed E-state index contributed by atoms with van der Waals surface area (Å²) in [5, 5.41) is 8.19. The molecule has 134 valence electrons. The third-order valence-corrected chi connectivity index (χ3v) is 3.96. The van der Waals surface area contributed by atoms with Gasteiger partial charge in [-0.05, 0) is 43.3 Å². The Bertz CT molecular complexity index is 1120. The van der Waals surface area contributed by atoms with Gasteiger partial charge < -0.3 is 4.52 Å². The largest absolute Gasteiger partial charge is 0.333 e. The maximum absolute atomic E-state index is 14.0. The minimum atomic E-state index is -0.627. The quantitative estimate of drug-likeness (QED) is 0.517. The van der Waals surface area contributed by atoms with Crippen molar-refractivity contribution in [3.8, 4) is 28.5 Å². The summed E-state index contributed by atoms with van der Waals surface area (Å²) in [6, 6.07) is 12.7. The van der Waals surface area contributed by atoms with Crippen LogP contribution in [0.4, 0.5) is 8.78 Å². The summed E-state index contributed by atoms with van der Waals surface area (Å²) in [5.41, 5.74) is 2.13. The van der Waals surface area contributed by atoms with Crippen LogP contribution >= 0.6 is 0 Å². The summed E-state index contributed by atoms with van der Waals surface area (Å²) < 4.78 is 34.5. The highest BCUT2D eigenvalue weighted by Crippen LogP contribution is 2.28. The molecule has 0 saturated carbocycles. The van der Waals surface area contributed by atoms with Gasteiger partial charge >= 0.3 is 0 Å². The maximum Gasteiger partial charge on any atom is 0.262 e. The van der Waals surface area contributed by atoms with E-state index in [0.717, 1.165) is 29.6 Å². The van der Waals surface area contributed by atoms with Crippen molar-refractivity contribution >= 4 is 6.08 Å². The first-order chi connectivity index (χ1) is 13.2. The molecule has 27 heavy (non-hydrogen) atoms. The van der Waals surface area contributed by atoms with Gasteiger partial charge in [-0.1, -0.05) is 29.4 Å². The molecule has 0 unspecified atom stereocenters. The SMILES string of the molecule is C/C=C/c1c(-c2nc(-c3cc(F)ccc3F)no2)cnn1-c1ccccc1. The van der Waals surface area contributed by atoms with E-state index in [9.17, 15) is 8.78 Å². The average molecular weight is 364 g/mol. The summed E-state index contributed by atoms with van der Waals surface area (Å²) >= 11 is 0. The average Bonchev–Trinajstić information content (AvgIpc) is 3.32. The maximum atomic E-state index is 14.0. The fraction of sp³-hybridized carbons (Fsp3) is 0.0500. The monoisotopic (exact) mass is 364 g/mol. The van der Waals surface area contributed by atoms with Crippen molar-refractivity contribution in [1.82, 2.24) is 19.9 Å². The number of benzene rings is 2. The molecule has 4 aromatic rings. The molecule has 0 aliphatic rings. The molecule has 0 saturated heterocycles. The highest BCUT2D eigenvalue weighted by molar-refractivity contribution is 5.70. The zero-order chi connectivity index (χ0) is 18.8. The number of aromatic nitrogens is 4. The van der Waals surface area contributed by atoms with Crippen molar-refractivity contribution in [2.45, 2.75) is 6.92 Å². The molecule has 0 atom stereocenters. The molecule has 0 aliphatic carbocycles. The van der Waals surface area contributed by atoms with Crippen LogP contribution in [-0.2, 0) is 0 Å². The second kappa shape index (κ2) is 6.95. The molecule has 4 rings (SSSR count). The summed E-state index contributed by atoms with van der Waals surface area (Å²) in [4.78, 5) is 4.23. The number of rotatable bonds is 4. The van der Waals surface area contributed by atoms with Crippen LogP contribution < -0.4 is 0 Å². The lowest BCUT2D eigenvalue weighted by Gasteiger charge is -2.04. The van der Waals surface area contributed by atoms with E-state index in [1.807, 2.05) is 49.4 Å². The molecule has 5 nitrogen and oxygen atoms in total. The van der Waals surface area contributed by atoms with E-state index < -0.39 is 11.6 Å². The van der Waals surface area contributed by atoms with Gasteiger partial charge in [0.1, 0.15) is 11.6 Å². The van der Waals surface area contributed by atoms with E-state index in [1.165, 1.54) is 0 Å². The molecule has 7 heteroatoms. The predicted molar refractivity (Wildman–Crippen MR) is 96.9 cm³/mol. The van der Waals surface area contributed by atoms with Crippen molar-refractivity contribution in [3.63, 3.8) is 0 Å². The number of hydrogen-bond acceptors (Lipinski definition) is 4. The zero-order valence-corrected chi connectivity index (χ0v) is 14.3. The van der Waals surface area contributed by atoms with E-state index in [2.05, 4.69) is 15.2 Å². The minimum absolute atomic E-state index is 0.0270. The van der Waals surface area contributed by atoms with Crippen molar-refractivity contribution in [2.75, 3.05) is 0 Å². The summed E-state index contributed by atoms with van der Waals surface area (Å²) in [6.07, 6.45) is 5.33. The fourth-order valence-corrected chi connectivity index (χ4v) is 2.73. The van der Waals surface area contributed by atoms with Gasteiger partial charge in [-0.2, -0.15) is 10.1 Å². The molecule has 0 fully saturated rings. The molecule has 2 heterocycles. The Balaban J connectivity index is 1.80. The van der Waals surface area contributed by atoms with E-state index in [4.69, 9.17) is 4.52 Å². The second-order valence-corrected chi connectivity index (χ2v) is 5.74.